The summed E-state index contributed by atoms with van der Waals surface area (Å²) in [5.74, 6) is -1.95. The summed E-state index contributed by atoms with van der Waals surface area (Å²) < 4.78 is 25.5. The van der Waals surface area contributed by atoms with Crippen LogP contribution >= 0.6 is 0 Å². The molecule has 5 rings (SSSR count). The molecule has 1 fully saturated rings. The predicted octanol–water partition coefficient (Wildman–Crippen LogP) is 1.97. The highest BCUT2D eigenvalue weighted by Crippen LogP contribution is 2.36. The lowest BCUT2D eigenvalue weighted by Crippen LogP contribution is -2.52. The van der Waals surface area contributed by atoms with E-state index in [2.05, 4.69) is 15.6 Å². The number of furan rings is 1. The van der Waals surface area contributed by atoms with Crippen LogP contribution < -0.4 is 15.4 Å². The Morgan fingerprint density at radius 3 is 2.81 bits per heavy atom. The summed E-state index contributed by atoms with van der Waals surface area (Å²) >= 11 is 0. The average molecular weight is 424 g/mol. The van der Waals surface area contributed by atoms with Gasteiger partial charge in [-0.05, 0) is 30.2 Å². The number of fused-ring (bicyclic) bond motifs is 2. The zero-order valence-electron chi connectivity index (χ0n) is 16.6. The lowest BCUT2D eigenvalue weighted by Gasteiger charge is -2.28. The second-order valence-corrected chi connectivity index (χ2v) is 7.60. The number of nitrogens with zero attached hydrogens (tertiary/aromatic N) is 2. The van der Waals surface area contributed by atoms with Crippen molar-refractivity contribution >= 4 is 28.9 Å². The van der Waals surface area contributed by atoms with E-state index >= 15 is 0 Å². The summed E-state index contributed by atoms with van der Waals surface area (Å²) in [5, 5.41) is 4.79. The van der Waals surface area contributed by atoms with E-state index in [1.807, 2.05) is 6.92 Å². The van der Waals surface area contributed by atoms with Crippen molar-refractivity contribution in [3.05, 3.63) is 58.7 Å². The number of hydrogen-bond acceptors (Lipinski definition) is 6. The number of aryl methyl sites for hydroxylation is 1. The van der Waals surface area contributed by atoms with E-state index in [4.69, 9.17) is 9.15 Å². The fourth-order valence-electron chi connectivity index (χ4n) is 4.05. The number of rotatable bonds is 4. The third-order valence-electron chi connectivity index (χ3n) is 5.57. The zero-order valence-corrected chi connectivity index (χ0v) is 16.6. The minimum Gasteiger partial charge on any atom is -0.494 e. The van der Waals surface area contributed by atoms with Gasteiger partial charge in [0, 0.05) is 18.8 Å². The first-order valence-corrected chi connectivity index (χ1v) is 9.47. The highest BCUT2D eigenvalue weighted by molar-refractivity contribution is 6.08. The van der Waals surface area contributed by atoms with Crippen molar-refractivity contribution in [3.63, 3.8) is 0 Å². The lowest BCUT2D eigenvalue weighted by molar-refractivity contribution is -0.125. The third-order valence-corrected chi connectivity index (χ3v) is 5.57. The molecule has 158 valence electrons. The quantitative estimate of drug-likeness (QED) is 0.619. The minimum atomic E-state index is -1.68. The van der Waals surface area contributed by atoms with Gasteiger partial charge < -0.3 is 19.4 Å². The van der Waals surface area contributed by atoms with Gasteiger partial charge in [0.15, 0.2) is 22.7 Å². The third kappa shape index (κ3) is 2.75. The van der Waals surface area contributed by atoms with Crippen molar-refractivity contribution in [2.75, 3.05) is 13.7 Å². The topological polar surface area (TPSA) is 114 Å². The zero-order chi connectivity index (χ0) is 21.9. The van der Waals surface area contributed by atoms with Crippen LogP contribution in [-0.4, -0.2) is 41.4 Å². The van der Waals surface area contributed by atoms with E-state index in [9.17, 15) is 18.8 Å². The number of urea groups is 1. The molecule has 2 N–H and O–H groups in total. The van der Waals surface area contributed by atoms with Gasteiger partial charge in [0.25, 0.3) is 11.8 Å². The molecule has 0 radical (unpaired) electrons. The first-order chi connectivity index (χ1) is 14.8. The summed E-state index contributed by atoms with van der Waals surface area (Å²) in [6.45, 7) is 1.66. The molecule has 0 bridgehead atoms. The number of methoxy groups -OCH3 is 1. The summed E-state index contributed by atoms with van der Waals surface area (Å²) in [6.07, 6.45) is 1.65. The van der Waals surface area contributed by atoms with Crippen LogP contribution in [0, 0.1) is 12.7 Å². The molecular weight excluding hydrogens is 407 g/mol. The summed E-state index contributed by atoms with van der Waals surface area (Å²) in [6, 6.07) is 5.64. The second-order valence-electron chi connectivity index (χ2n) is 7.60. The predicted molar refractivity (Wildman–Crippen MR) is 105 cm³/mol. The van der Waals surface area contributed by atoms with E-state index in [0.29, 0.717) is 16.7 Å². The number of carbonyl (C=O) groups is 3. The van der Waals surface area contributed by atoms with Crippen molar-refractivity contribution in [1.29, 1.82) is 0 Å². The molecule has 1 saturated heterocycles. The Bertz CT molecular complexity index is 1290. The fraction of sp³-hybridized carbons (Fsp3) is 0.238. The minimum absolute atomic E-state index is 0.0469. The molecule has 2 aromatic heterocycles. The lowest BCUT2D eigenvalue weighted by atomic mass is 9.95. The van der Waals surface area contributed by atoms with Gasteiger partial charge in [-0.15, -0.1) is 0 Å². The van der Waals surface area contributed by atoms with Crippen LogP contribution in [0.2, 0.25) is 0 Å². The van der Waals surface area contributed by atoms with Crippen molar-refractivity contribution in [3.8, 4) is 5.75 Å². The van der Waals surface area contributed by atoms with E-state index in [0.717, 1.165) is 5.56 Å². The Hall–Kier alpha value is -3.95. The van der Waals surface area contributed by atoms with Crippen LogP contribution in [0.25, 0.3) is 11.1 Å². The summed E-state index contributed by atoms with van der Waals surface area (Å²) in [4.78, 5) is 43.5. The first-order valence-electron chi connectivity index (χ1n) is 9.47. The van der Waals surface area contributed by atoms with Gasteiger partial charge in [0.2, 0.25) is 0 Å². The molecule has 4 heterocycles. The van der Waals surface area contributed by atoms with E-state index < -0.39 is 29.2 Å². The van der Waals surface area contributed by atoms with Crippen molar-refractivity contribution in [1.82, 2.24) is 20.5 Å². The molecule has 2 aliphatic heterocycles. The van der Waals surface area contributed by atoms with Gasteiger partial charge in [-0.2, -0.15) is 0 Å². The number of hydrogen-bond donors (Lipinski definition) is 2. The normalized spacial score (nSPS) is 20.2. The van der Waals surface area contributed by atoms with Crippen molar-refractivity contribution < 1.29 is 27.9 Å². The highest BCUT2D eigenvalue weighted by Gasteiger charge is 2.53. The second kappa shape index (κ2) is 6.53. The number of imide groups is 1. The van der Waals surface area contributed by atoms with Crippen LogP contribution in [0.3, 0.4) is 0 Å². The molecule has 3 aromatic rings. The molecule has 0 unspecified atom stereocenters. The Kier molecular flexibility index (Phi) is 4.01. The van der Waals surface area contributed by atoms with Crippen molar-refractivity contribution in [2.24, 2.45) is 0 Å². The van der Waals surface area contributed by atoms with Crippen molar-refractivity contribution in [2.45, 2.75) is 19.0 Å². The molecule has 0 saturated carbocycles. The number of ether oxygens (including phenoxy) is 1. The maximum Gasteiger partial charge on any atom is 0.322 e. The van der Waals surface area contributed by atoms with Gasteiger partial charge in [-0.3, -0.25) is 19.9 Å². The number of benzene rings is 1. The number of halogens is 1. The Balaban J connectivity index is 1.56. The molecule has 1 aromatic carbocycles. The van der Waals surface area contributed by atoms with Gasteiger partial charge in [-0.25, -0.2) is 9.18 Å². The summed E-state index contributed by atoms with van der Waals surface area (Å²) in [7, 11) is 1.31. The molecule has 2 aliphatic rings. The molecular formula is C21H17FN4O5. The SMILES string of the molecule is COc1ccc2c(c1F)C(=O)N(C[C@@]1(c3cc4ncc(C)cc4o3)NC(=O)NC1=O)C2. The molecule has 10 heteroatoms. The number of nitrogens with one attached hydrogen (secondary N) is 2. The van der Waals surface area contributed by atoms with E-state index in [1.165, 1.54) is 18.1 Å². The smallest absolute Gasteiger partial charge is 0.322 e. The number of aromatic nitrogens is 1. The Morgan fingerprint density at radius 1 is 1.29 bits per heavy atom. The fourth-order valence-corrected chi connectivity index (χ4v) is 4.05. The Labute approximate surface area is 175 Å². The number of carbonyl (C=O) groups excluding carboxylic acids is 3. The van der Waals surface area contributed by atoms with Gasteiger partial charge in [0.1, 0.15) is 11.3 Å². The molecule has 9 nitrogen and oxygen atoms in total. The van der Waals surface area contributed by atoms with Crippen LogP contribution in [0.1, 0.15) is 27.2 Å². The molecule has 0 spiro atoms. The van der Waals surface area contributed by atoms with Gasteiger partial charge >= 0.3 is 6.03 Å². The van der Waals surface area contributed by atoms with Crippen LogP contribution in [0.4, 0.5) is 9.18 Å². The number of amides is 4. The highest BCUT2D eigenvalue weighted by atomic mass is 19.1. The standard InChI is InChI=1S/C21H17FN4O5/c1-10-5-14-12(23-7-10)6-15(31-14)21(19(28)24-20(29)25-21)9-26-8-11-3-4-13(30-2)17(22)16(11)18(26)27/h3-7H,8-9H2,1-2H3,(H2,24,25,28,29)/t21-/m0/s1. The van der Waals surface area contributed by atoms with Crippen LogP contribution in [0.5, 0.6) is 5.75 Å². The van der Waals surface area contributed by atoms with E-state index in [1.54, 1.807) is 24.4 Å². The monoisotopic (exact) mass is 424 g/mol. The average Bonchev–Trinajstić information content (AvgIpc) is 3.37. The summed E-state index contributed by atoms with van der Waals surface area (Å²) in [5.41, 5.74) is 0.475. The number of pyridine rings is 1. The van der Waals surface area contributed by atoms with Crippen LogP contribution in [0.15, 0.2) is 34.9 Å². The molecule has 0 aliphatic carbocycles. The van der Waals surface area contributed by atoms with Crippen LogP contribution in [-0.2, 0) is 16.9 Å². The molecule has 4 amide bonds. The largest absolute Gasteiger partial charge is 0.494 e. The molecule has 31 heavy (non-hydrogen) atoms. The first kappa shape index (κ1) is 19.0. The maximum atomic E-state index is 14.7. The maximum absolute atomic E-state index is 14.7. The van der Waals surface area contributed by atoms with E-state index in [-0.39, 0.29) is 30.2 Å². The Morgan fingerprint density at radius 2 is 2.10 bits per heavy atom. The van der Waals surface area contributed by atoms with Gasteiger partial charge in [0.05, 0.1) is 19.2 Å². The van der Waals surface area contributed by atoms with Gasteiger partial charge in [-0.1, -0.05) is 6.07 Å². The molecule has 1 atom stereocenters.